The Morgan fingerprint density at radius 3 is 2.47 bits per heavy atom. The highest BCUT2D eigenvalue weighted by atomic mass is 16.5. The number of rotatable bonds is 8. The third kappa shape index (κ3) is 4.30. The van der Waals surface area contributed by atoms with Crippen molar-refractivity contribution >= 4 is 11.8 Å². The number of methoxy groups -OCH3 is 2. The molecule has 0 saturated carbocycles. The number of carbonyl (C=O) groups excluding carboxylic acids is 2. The largest absolute Gasteiger partial charge is 0.497 e. The van der Waals surface area contributed by atoms with Crippen LogP contribution in [0.25, 0.3) is 0 Å². The van der Waals surface area contributed by atoms with Crippen molar-refractivity contribution in [2.75, 3.05) is 20.8 Å². The fourth-order valence-corrected chi connectivity index (χ4v) is 4.09. The van der Waals surface area contributed by atoms with E-state index >= 15 is 0 Å². The van der Waals surface area contributed by atoms with Gasteiger partial charge in [0.1, 0.15) is 17.5 Å². The maximum Gasteiger partial charge on any atom is 0.255 e. The van der Waals surface area contributed by atoms with Crippen molar-refractivity contribution in [1.82, 2.24) is 10.2 Å². The Morgan fingerprint density at radius 2 is 1.75 bits per heavy atom. The van der Waals surface area contributed by atoms with Crippen LogP contribution in [0.4, 0.5) is 0 Å². The van der Waals surface area contributed by atoms with Gasteiger partial charge in [0.15, 0.2) is 0 Å². The molecule has 32 heavy (non-hydrogen) atoms. The van der Waals surface area contributed by atoms with E-state index in [0.29, 0.717) is 25.1 Å². The highest BCUT2D eigenvalue weighted by Gasteiger charge is 2.37. The molecule has 1 aliphatic heterocycles. The molecule has 6 nitrogen and oxygen atoms in total. The van der Waals surface area contributed by atoms with E-state index < -0.39 is 6.04 Å². The van der Waals surface area contributed by atoms with Crippen LogP contribution in [-0.4, -0.2) is 37.5 Å². The van der Waals surface area contributed by atoms with E-state index in [0.717, 1.165) is 28.2 Å². The number of hydrogen-bond acceptors (Lipinski definition) is 4. The second kappa shape index (κ2) is 9.56. The molecule has 0 aromatic heterocycles. The SMILES string of the molecule is COc1ccc(OC)c(CCNC(=O)[C@H](c2ccccc2)N2Cc3ccccc3C2=O)c1. The average molecular weight is 431 g/mol. The fraction of sp³-hybridized carbons (Fsp3) is 0.231. The third-order valence-corrected chi connectivity index (χ3v) is 5.71. The minimum Gasteiger partial charge on any atom is -0.497 e. The minimum absolute atomic E-state index is 0.126. The van der Waals surface area contributed by atoms with E-state index in [4.69, 9.17) is 9.47 Å². The van der Waals surface area contributed by atoms with Crippen LogP contribution in [0.3, 0.4) is 0 Å². The molecule has 1 N–H and O–H groups in total. The summed E-state index contributed by atoms with van der Waals surface area (Å²) in [6.45, 7) is 0.812. The average Bonchev–Trinajstić information content (AvgIpc) is 3.16. The topological polar surface area (TPSA) is 67.9 Å². The first-order chi connectivity index (χ1) is 15.6. The Morgan fingerprint density at radius 1 is 1.00 bits per heavy atom. The van der Waals surface area contributed by atoms with Crippen LogP contribution in [0.2, 0.25) is 0 Å². The molecule has 164 valence electrons. The molecule has 4 rings (SSSR count). The summed E-state index contributed by atoms with van der Waals surface area (Å²) in [5.74, 6) is 1.14. The Kier molecular flexibility index (Phi) is 6.40. The van der Waals surface area contributed by atoms with Gasteiger partial charge in [-0.2, -0.15) is 0 Å². The number of carbonyl (C=O) groups is 2. The van der Waals surface area contributed by atoms with Gasteiger partial charge in [-0.25, -0.2) is 0 Å². The molecule has 0 aliphatic carbocycles. The van der Waals surface area contributed by atoms with Gasteiger partial charge in [-0.3, -0.25) is 9.59 Å². The molecule has 1 heterocycles. The predicted octanol–water partition coefficient (Wildman–Crippen LogP) is 3.76. The summed E-state index contributed by atoms with van der Waals surface area (Å²) in [6, 6.07) is 21.8. The van der Waals surface area contributed by atoms with Crippen molar-refractivity contribution in [3.63, 3.8) is 0 Å². The third-order valence-electron chi connectivity index (χ3n) is 5.71. The van der Waals surface area contributed by atoms with E-state index in [1.165, 1.54) is 0 Å². The second-order valence-corrected chi connectivity index (χ2v) is 7.62. The molecule has 0 unspecified atom stereocenters. The molecule has 0 saturated heterocycles. The van der Waals surface area contributed by atoms with Crippen molar-refractivity contribution in [3.8, 4) is 11.5 Å². The second-order valence-electron chi connectivity index (χ2n) is 7.62. The van der Waals surface area contributed by atoms with Gasteiger partial charge in [-0.15, -0.1) is 0 Å². The van der Waals surface area contributed by atoms with Crippen molar-refractivity contribution in [2.45, 2.75) is 19.0 Å². The zero-order valence-corrected chi connectivity index (χ0v) is 18.2. The van der Waals surface area contributed by atoms with E-state index in [1.54, 1.807) is 19.1 Å². The fourth-order valence-electron chi connectivity index (χ4n) is 4.09. The smallest absolute Gasteiger partial charge is 0.255 e. The Bertz CT molecular complexity index is 1110. The monoisotopic (exact) mass is 430 g/mol. The van der Waals surface area contributed by atoms with Crippen molar-refractivity contribution in [2.24, 2.45) is 0 Å². The van der Waals surface area contributed by atoms with Crippen LogP contribution >= 0.6 is 0 Å². The van der Waals surface area contributed by atoms with Crippen LogP contribution in [-0.2, 0) is 17.8 Å². The molecule has 1 atom stereocenters. The van der Waals surface area contributed by atoms with Crippen LogP contribution in [0, 0.1) is 0 Å². The molecule has 6 heteroatoms. The molecule has 3 aromatic carbocycles. The first-order valence-corrected chi connectivity index (χ1v) is 10.5. The molecular formula is C26H26N2O4. The quantitative estimate of drug-likeness (QED) is 0.591. The summed E-state index contributed by atoms with van der Waals surface area (Å²) in [6.07, 6.45) is 0.571. The predicted molar refractivity (Wildman–Crippen MR) is 122 cm³/mol. The van der Waals surface area contributed by atoms with Crippen LogP contribution in [0.15, 0.2) is 72.8 Å². The van der Waals surface area contributed by atoms with Crippen molar-refractivity contribution < 1.29 is 19.1 Å². The number of benzene rings is 3. The first-order valence-electron chi connectivity index (χ1n) is 10.5. The molecule has 0 spiro atoms. The van der Waals surface area contributed by atoms with Gasteiger partial charge in [-0.05, 0) is 47.4 Å². The summed E-state index contributed by atoms with van der Waals surface area (Å²) in [4.78, 5) is 28.1. The van der Waals surface area contributed by atoms with Crippen LogP contribution in [0.5, 0.6) is 11.5 Å². The molecule has 2 amide bonds. The number of ether oxygens (including phenoxy) is 2. The molecule has 3 aromatic rings. The van der Waals surface area contributed by atoms with E-state index in [-0.39, 0.29) is 11.8 Å². The number of fused-ring (bicyclic) bond motifs is 1. The van der Waals surface area contributed by atoms with E-state index in [1.807, 2.05) is 72.8 Å². The Labute approximate surface area is 187 Å². The maximum atomic E-state index is 13.3. The molecule has 1 aliphatic rings. The molecule has 0 fully saturated rings. The zero-order valence-electron chi connectivity index (χ0n) is 18.2. The Balaban J connectivity index is 1.52. The van der Waals surface area contributed by atoms with E-state index in [2.05, 4.69) is 5.32 Å². The summed E-state index contributed by atoms with van der Waals surface area (Å²) < 4.78 is 10.7. The highest BCUT2D eigenvalue weighted by Crippen LogP contribution is 2.31. The van der Waals surface area contributed by atoms with Gasteiger partial charge in [0.25, 0.3) is 5.91 Å². The summed E-state index contributed by atoms with van der Waals surface area (Å²) in [5, 5.41) is 3.01. The van der Waals surface area contributed by atoms with Gasteiger partial charge in [0.05, 0.1) is 14.2 Å². The summed E-state index contributed by atoms with van der Waals surface area (Å²) in [5.41, 5.74) is 3.31. The lowest BCUT2D eigenvalue weighted by Gasteiger charge is -2.27. The van der Waals surface area contributed by atoms with Gasteiger partial charge < -0.3 is 19.7 Å². The van der Waals surface area contributed by atoms with Gasteiger partial charge >= 0.3 is 0 Å². The first kappa shape index (κ1) is 21.4. The minimum atomic E-state index is -0.705. The van der Waals surface area contributed by atoms with Gasteiger partial charge in [-0.1, -0.05) is 48.5 Å². The number of amides is 2. The number of nitrogens with one attached hydrogen (secondary N) is 1. The lowest BCUT2D eigenvalue weighted by atomic mass is 10.0. The van der Waals surface area contributed by atoms with Crippen molar-refractivity contribution in [3.05, 3.63) is 95.1 Å². The maximum absolute atomic E-state index is 13.3. The molecule has 0 radical (unpaired) electrons. The standard InChI is InChI=1S/C26H26N2O4/c1-31-21-12-13-23(32-2)19(16-21)14-15-27-25(29)24(18-8-4-3-5-9-18)28-17-20-10-6-7-11-22(20)26(28)30/h3-13,16,24H,14-15,17H2,1-2H3,(H,27,29)/t24-/m0/s1. The molecular weight excluding hydrogens is 404 g/mol. The van der Waals surface area contributed by atoms with Crippen molar-refractivity contribution in [1.29, 1.82) is 0 Å². The van der Waals surface area contributed by atoms with Gasteiger partial charge in [0, 0.05) is 18.7 Å². The number of hydrogen-bond donors (Lipinski definition) is 1. The van der Waals surface area contributed by atoms with Crippen LogP contribution < -0.4 is 14.8 Å². The lowest BCUT2D eigenvalue weighted by Crippen LogP contribution is -2.41. The van der Waals surface area contributed by atoms with E-state index in [9.17, 15) is 9.59 Å². The summed E-state index contributed by atoms with van der Waals surface area (Å²) in [7, 11) is 3.23. The highest BCUT2D eigenvalue weighted by molar-refractivity contribution is 6.01. The molecule has 0 bridgehead atoms. The van der Waals surface area contributed by atoms with Gasteiger partial charge in [0.2, 0.25) is 5.91 Å². The van der Waals surface area contributed by atoms with Crippen LogP contribution in [0.1, 0.15) is 33.1 Å². The normalized spacial score (nSPS) is 13.4. The Hall–Kier alpha value is -3.80. The summed E-state index contributed by atoms with van der Waals surface area (Å²) >= 11 is 0. The lowest BCUT2D eigenvalue weighted by molar-refractivity contribution is -0.125. The zero-order chi connectivity index (χ0) is 22.5. The number of nitrogens with zero attached hydrogens (tertiary/aromatic N) is 1.